The number of aliphatic carboxylic acids is 1. The first-order chi connectivity index (χ1) is 8.99. The van der Waals surface area contributed by atoms with E-state index in [1.807, 2.05) is 0 Å². The molecule has 104 valence electrons. The van der Waals surface area contributed by atoms with E-state index >= 15 is 0 Å². The van der Waals surface area contributed by atoms with Crippen molar-refractivity contribution in [3.05, 3.63) is 12.7 Å². The Kier molecular flexibility index (Phi) is 2.62. The van der Waals surface area contributed by atoms with E-state index in [-0.39, 0.29) is 23.5 Å². The molecule has 1 N–H and O–H groups in total. The van der Waals surface area contributed by atoms with Gasteiger partial charge >= 0.3 is 12.1 Å². The Morgan fingerprint density at radius 2 is 2.00 bits per heavy atom. The lowest BCUT2D eigenvalue weighted by Crippen LogP contribution is -2.67. The van der Waals surface area contributed by atoms with Gasteiger partial charge in [0, 0.05) is 13.1 Å². The summed E-state index contributed by atoms with van der Waals surface area (Å²) in [5.74, 6) is -0.110. The largest absolute Gasteiger partial charge is 0.481 e. The van der Waals surface area contributed by atoms with Crippen molar-refractivity contribution >= 4 is 12.1 Å². The zero-order chi connectivity index (χ0) is 13.7. The van der Waals surface area contributed by atoms with Crippen LogP contribution in [-0.2, 0) is 9.53 Å². The molecule has 0 unspecified atom stereocenters. The fourth-order valence-corrected chi connectivity index (χ4v) is 4.12. The van der Waals surface area contributed by atoms with Crippen molar-refractivity contribution in [3.63, 3.8) is 0 Å². The van der Waals surface area contributed by atoms with Gasteiger partial charge in [-0.2, -0.15) is 0 Å². The molecule has 0 atom stereocenters. The Labute approximate surface area is 112 Å². The summed E-state index contributed by atoms with van der Waals surface area (Å²) >= 11 is 0. The van der Waals surface area contributed by atoms with Gasteiger partial charge in [-0.25, -0.2) is 4.79 Å². The van der Waals surface area contributed by atoms with E-state index in [4.69, 9.17) is 9.84 Å². The summed E-state index contributed by atoms with van der Waals surface area (Å²) in [5, 5.41) is 9.07. The number of ether oxygens (including phenoxy) is 1. The first kappa shape index (κ1) is 12.5. The summed E-state index contributed by atoms with van der Waals surface area (Å²) in [5.41, 5.74) is -0.105. The van der Waals surface area contributed by atoms with Gasteiger partial charge in [-0.3, -0.25) is 4.79 Å². The standard InChI is InChI=1S/C14H19NO4/c1-2-3-19-12(18)15-5-10(6-15)4-13-7-14(8-13,9-13)11(16)17/h2,10H,1,3-9H2,(H,16,17). The second kappa shape index (κ2) is 3.99. The van der Waals surface area contributed by atoms with Gasteiger partial charge in [0.15, 0.2) is 0 Å². The Morgan fingerprint density at radius 1 is 1.37 bits per heavy atom. The van der Waals surface area contributed by atoms with Crippen molar-refractivity contribution in [2.24, 2.45) is 16.7 Å². The molecule has 5 nitrogen and oxygen atoms in total. The van der Waals surface area contributed by atoms with Crippen molar-refractivity contribution in [1.82, 2.24) is 4.90 Å². The molecular formula is C14H19NO4. The molecular weight excluding hydrogens is 246 g/mol. The highest BCUT2D eigenvalue weighted by Gasteiger charge is 2.71. The zero-order valence-corrected chi connectivity index (χ0v) is 10.9. The van der Waals surface area contributed by atoms with E-state index in [1.165, 1.54) is 0 Å². The van der Waals surface area contributed by atoms with Crippen LogP contribution in [0.15, 0.2) is 12.7 Å². The molecule has 0 aromatic rings. The first-order valence-corrected chi connectivity index (χ1v) is 6.75. The minimum absolute atomic E-state index is 0.255. The Morgan fingerprint density at radius 3 is 2.53 bits per heavy atom. The van der Waals surface area contributed by atoms with Crippen molar-refractivity contribution in [2.75, 3.05) is 19.7 Å². The van der Waals surface area contributed by atoms with E-state index < -0.39 is 5.97 Å². The van der Waals surface area contributed by atoms with Crippen LogP contribution < -0.4 is 0 Å². The van der Waals surface area contributed by atoms with Gasteiger partial charge in [-0.05, 0) is 37.0 Å². The van der Waals surface area contributed by atoms with E-state index in [0.29, 0.717) is 5.92 Å². The van der Waals surface area contributed by atoms with E-state index in [9.17, 15) is 9.59 Å². The highest BCUT2D eigenvalue weighted by Crippen LogP contribution is 2.75. The average Bonchev–Trinajstić information content (AvgIpc) is 2.19. The van der Waals surface area contributed by atoms with Crippen molar-refractivity contribution in [3.8, 4) is 0 Å². The van der Waals surface area contributed by atoms with Crippen molar-refractivity contribution < 1.29 is 19.4 Å². The highest BCUT2D eigenvalue weighted by atomic mass is 16.6. The number of carbonyl (C=O) groups excluding carboxylic acids is 1. The van der Waals surface area contributed by atoms with Crippen molar-refractivity contribution in [2.45, 2.75) is 25.7 Å². The van der Waals surface area contributed by atoms with Crippen LogP contribution in [0.1, 0.15) is 25.7 Å². The molecule has 3 saturated carbocycles. The molecule has 0 aromatic carbocycles. The van der Waals surface area contributed by atoms with Gasteiger partial charge < -0.3 is 14.7 Å². The number of hydrogen-bond donors (Lipinski definition) is 1. The number of carbonyl (C=O) groups is 2. The number of rotatable bonds is 5. The van der Waals surface area contributed by atoms with Crippen LogP contribution in [0.25, 0.3) is 0 Å². The van der Waals surface area contributed by atoms with E-state index in [2.05, 4.69) is 6.58 Å². The number of likely N-dealkylation sites (tertiary alicyclic amines) is 1. The molecule has 4 fully saturated rings. The molecule has 19 heavy (non-hydrogen) atoms. The molecule has 1 amide bonds. The quantitative estimate of drug-likeness (QED) is 0.771. The molecule has 0 aromatic heterocycles. The lowest BCUT2D eigenvalue weighted by molar-refractivity contribution is -0.231. The molecule has 0 radical (unpaired) electrons. The number of carboxylic acid groups (broad SMARTS) is 1. The van der Waals surface area contributed by atoms with Gasteiger partial charge in [-0.1, -0.05) is 12.7 Å². The van der Waals surface area contributed by atoms with Crippen LogP contribution in [-0.4, -0.2) is 41.8 Å². The van der Waals surface area contributed by atoms with Crippen LogP contribution in [0.2, 0.25) is 0 Å². The van der Waals surface area contributed by atoms with E-state index in [1.54, 1.807) is 11.0 Å². The smallest absolute Gasteiger partial charge is 0.410 e. The SMILES string of the molecule is C=CCOC(=O)N1CC(CC23CC(C(=O)O)(C2)C3)C1. The predicted molar refractivity (Wildman–Crippen MR) is 67.6 cm³/mol. The number of amides is 1. The third kappa shape index (κ3) is 1.83. The van der Waals surface area contributed by atoms with Gasteiger partial charge in [0.25, 0.3) is 0 Å². The third-order valence-corrected chi connectivity index (χ3v) is 4.86. The summed E-state index contributed by atoms with van der Waals surface area (Å²) < 4.78 is 4.96. The van der Waals surface area contributed by atoms with E-state index in [0.717, 1.165) is 38.8 Å². The average molecular weight is 265 g/mol. The molecule has 5 heteroatoms. The number of nitrogens with zero attached hydrogens (tertiary/aromatic N) is 1. The van der Waals surface area contributed by atoms with Crippen LogP contribution in [0, 0.1) is 16.7 Å². The zero-order valence-electron chi connectivity index (χ0n) is 10.9. The normalized spacial score (nSPS) is 35.7. The second-order valence-corrected chi connectivity index (χ2v) is 6.46. The molecule has 1 aliphatic heterocycles. The molecule has 1 heterocycles. The minimum atomic E-state index is -0.627. The van der Waals surface area contributed by atoms with Gasteiger partial charge in [0.1, 0.15) is 6.61 Å². The Balaban J connectivity index is 1.39. The Bertz CT molecular complexity index is 419. The maximum atomic E-state index is 11.5. The van der Waals surface area contributed by atoms with Crippen LogP contribution in [0.4, 0.5) is 4.79 Å². The maximum absolute atomic E-state index is 11.5. The van der Waals surface area contributed by atoms with Gasteiger partial charge in [0.2, 0.25) is 0 Å². The Hall–Kier alpha value is -1.52. The second-order valence-electron chi connectivity index (χ2n) is 6.46. The predicted octanol–water partition coefficient (Wildman–Crippen LogP) is 1.89. The lowest BCUT2D eigenvalue weighted by atomic mass is 9.33. The first-order valence-electron chi connectivity index (χ1n) is 6.75. The topological polar surface area (TPSA) is 66.8 Å². The summed E-state index contributed by atoms with van der Waals surface area (Å²) in [6.45, 7) is 5.25. The molecule has 3 aliphatic carbocycles. The van der Waals surface area contributed by atoms with Crippen LogP contribution in [0.3, 0.4) is 0 Å². The lowest BCUT2D eigenvalue weighted by Gasteiger charge is -2.69. The summed E-state index contributed by atoms with van der Waals surface area (Å²) in [4.78, 5) is 24.2. The van der Waals surface area contributed by atoms with Gasteiger partial charge in [0.05, 0.1) is 5.41 Å². The summed E-state index contributed by atoms with van der Waals surface area (Å²) in [6.07, 6.45) is 4.87. The molecule has 4 rings (SSSR count). The molecule has 1 saturated heterocycles. The maximum Gasteiger partial charge on any atom is 0.410 e. The van der Waals surface area contributed by atoms with Crippen molar-refractivity contribution in [1.29, 1.82) is 0 Å². The third-order valence-electron chi connectivity index (χ3n) is 4.86. The highest BCUT2D eigenvalue weighted by molar-refractivity contribution is 5.79. The molecule has 0 spiro atoms. The minimum Gasteiger partial charge on any atom is -0.481 e. The fraction of sp³-hybridized carbons (Fsp3) is 0.714. The van der Waals surface area contributed by atoms with Gasteiger partial charge in [-0.15, -0.1) is 0 Å². The number of hydrogen-bond acceptors (Lipinski definition) is 3. The fourth-order valence-electron chi connectivity index (χ4n) is 4.12. The number of carboxylic acids is 1. The molecule has 2 bridgehead atoms. The monoisotopic (exact) mass is 265 g/mol. The molecule has 4 aliphatic rings. The summed E-state index contributed by atoms with van der Waals surface area (Å²) in [7, 11) is 0. The summed E-state index contributed by atoms with van der Waals surface area (Å²) in [6, 6.07) is 0. The van der Waals surface area contributed by atoms with Crippen LogP contribution in [0.5, 0.6) is 0 Å². The van der Waals surface area contributed by atoms with Crippen LogP contribution >= 0.6 is 0 Å².